The first-order valence-corrected chi connectivity index (χ1v) is 7.73. The van der Waals surface area contributed by atoms with Gasteiger partial charge < -0.3 is 5.73 Å². The molecule has 1 aliphatic heterocycles. The molecule has 0 unspecified atom stereocenters. The van der Waals surface area contributed by atoms with Crippen molar-refractivity contribution in [2.24, 2.45) is 0 Å². The van der Waals surface area contributed by atoms with Gasteiger partial charge in [0.2, 0.25) is 5.95 Å². The molecule has 3 N–H and O–H groups in total. The highest BCUT2D eigenvalue weighted by Crippen LogP contribution is 2.36. The third-order valence-electron chi connectivity index (χ3n) is 3.75. The van der Waals surface area contributed by atoms with E-state index >= 15 is 0 Å². The predicted octanol–water partition coefficient (Wildman–Crippen LogP) is 2.92. The standard InChI is InChI=1S/C15H10Cl2N6O/c16-7-1-2-8(10(17)5-7)12-9-6-23(11-3-4-19-22-11)14(24)13(9)21-15(18)20-12/h1-5H,6H2,(H,19,22)(H2,18,20,21). The maximum absolute atomic E-state index is 12.6. The first-order valence-electron chi connectivity index (χ1n) is 6.97. The number of aromatic amines is 1. The van der Waals surface area contributed by atoms with Gasteiger partial charge in [0.25, 0.3) is 5.91 Å². The van der Waals surface area contributed by atoms with Gasteiger partial charge >= 0.3 is 0 Å². The third kappa shape index (κ3) is 2.29. The Morgan fingerprint density at radius 2 is 1.96 bits per heavy atom. The van der Waals surface area contributed by atoms with Crippen molar-refractivity contribution in [1.82, 2.24) is 20.2 Å². The van der Waals surface area contributed by atoms with Gasteiger partial charge in [-0.3, -0.25) is 14.8 Å². The van der Waals surface area contributed by atoms with E-state index in [1.165, 1.54) is 4.90 Å². The fraction of sp³-hybridized carbons (Fsp3) is 0.0667. The molecule has 0 aliphatic carbocycles. The number of carbonyl (C=O) groups excluding carboxylic acids is 1. The Morgan fingerprint density at radius 3 is 2.67 bits per heavy atom. The van der Waals surface area contributed by atoms with Crippen LogP contribution in [-0.2, 0) is 6.54 Å². The number of nitrogens with two attached hydrogens (primary N) is 1. The van der Waals surface area contributed by atoms with Gasteiger partial charge in [0, 0.05) is 22.2 Å². The Balaban J connectivity index is 1.88. The Labute approximate surface area is 146 Å². The molecule has 0 bridgehead atoms. The Kier molecular flexibility index (Phi) is 3.40. The van der Waals surface area contributed by atoms with Gasteiger partial charge in [0.1, 0.15) is 11.5 Å². The van der Waals surface area contributed by atoms with Crippen molar-refractivity contribution >= 4 is 40.9 Å². The molecule has 0 saturated carbocycles. The van der Waals surface area contributed by atoms with Crippen molar-refractivity contribution in [2.45, 2.75) is 6.54 Å². The van der Waals surface area contributed by atoms with Crippen LogP contribution >= 0.6 is 23.2 Å². The van der Waals surface area contributed by atoms with Crippen LogP contribution in [0.1, 0.15) is 16.1 Å². The van der Waals surface area contributed by atoms with Gasteiger partial charge in [-0.2, -0.15) is 5.10 Å². The van der Waals surface area contributed by atoms with E-state index in [1.807, 2.05) is 0 Å². The normalized spacial score (nSPS) is 13.4. The summed E-state index contributed by atoms with van der Waals surface area (Å²) in [5.41, 5.74) is 7.88. The number of anilines is 2. The molecule has 2 aromatic heterocycles. The molecule has 1 aromatic carbocycles. The van der Waals surface area contributed by atoms with Crippen LogP contribution in [0.3, 0.4) is 0 Å². The van der Waals surface area contributed by atoms with Gasteiger partial charge in [-0.05, 0) is 18.2 Å². The Morgan fingerprint density at radius 1 is 1.17 bits per heavy atom. The number of H-pyrrole nitrogens is 1. The molecule has 3 heterocycles. The number of benzene rings is 1. The van der Waals surface area contributed by atoms with Gasteiger partial charge in [-0.15, -0.1) is 0 Å². The first-order chi connectivity index (χ1) is 11.5. The monoisotopic (exact) mass is 360 g/mol. The zero-order valence-corrected chi connectivity index (χ0v) is 13.6. The van der Waals surface area contributed by atoms with Crippen molar-refractivity contribution in [3.05, 3.63) is 51.8 Å². The van der Waals surface area contributed by atoms with Crippen LogP contribution in [0.2, 0.25) is 10.0 Å². The smallest absolute Gasteiger partial charge is 0.278 e. The lowest BCUT2D eigenvalue weighted by Gasteiger charge is -2.12. The van der Waals surface area contributed by atoms with Crippen molar-refractivity contribution in [3.63, 3.8) is 0 Å². The maximum atomic E-state index is 12.6. The molecule has 0 fully saturated rings. The lowest BCUT2D eigenvalue weighted by molar-refractivity contribution is 0.0991. The van der Waals surface area contributed by atoms with Crippen LogP contribution in [0.4, 0.5) is 11.8 Å². The van der Waals surface area contributed by atoms with Crippen molar-refractivity contribution in [3.8, 4) is 11.3 Å². The number of aromatic nitrogens is 4. The van der Waals surface area contributed by atoms with E-state index in [1.54, 1.807) is 30.5 Å². The fourth-order valence-corrected chi connectivity index (χ4v) is 3.18. The average Bonchev–Trinajstić information content (AvgIpc) is 3.16. The molecule has 0 saturated heterocycles. The number of fused-ring (bicyclic) bond motifs is 1. The number of hydrogen-bond acceptors (Lipinski definition) is 5. The highest BCUT2D eigenvalue weighted by Gasteiger charge is 2.34. The molecule has 120 valence electrons. The van der Waals surface area contributed by atoms with Gasteiger partial charge in [0.05, 0.1) is 23.5 Å². The van der Waals surface area contributed by atoms with Crippen molar-refractivity contribution in [1.29, 1.82) is 0 Å². The quantitative estimate of drug-likeness (QED) is 0.731. The maximum Gasteiger partial charge on any atom is 0.278 e. The van der Waals surface area contributed by atoms with Crippen LogP contribution in [-0.4, -0.2) is 26.1 Å². The first kappa shape index (κ1) is 14.9. The number of nitrogens with one attached hydrogen (secondary N) is 1. The van der Waals surface area contributed by atoms with Gasteiger partial charge in [0.15, 0.2) is 0 Å². The van der Waals surface area contributed by atoms with Crippen molar-refractivity contribution in [2.75, 3.05) is 10.6 Å². The third-order valence-corrected chi connectivity index (χ3v) is 4.30. The van der Waals surface area contributed by atoms with Crippen LogP contribution in [0.25, 0.3) is 11.3 Å². The molecule has 24 heavy (non-hydrogen) atoms. The molecule has 0 atom stereocenters. The number of amides is 1. The van der Waals surface area contributed by atoms with Crippen LogP contribution in [0, 0.1) is 0 Å². The molecule has 0 spiro atoms. The summed E-state index contributed by atoms with van der Waals surface area (Å²) in [6.45, 7) is 0.297. The Hall–Kier alpha value is -2.64. The van der Waals surface area contributed by atoms with E-state index in [2.05, 4.69) is 20.2 Å². The number of nitrogen functional groups attached to an aromatic ring is 1. The van der Waals surface area contributed by atoms with Crippen LogP contribution < -0.4 is 10.6 Å². The van der Waals surface area contributed by atoms with Gasteiger partial charge in [-0.1, -0.05) is 23.2 Å². The number of hydrogen-bond donors (Lipinski definition) is 2. The zero-order valence-electron chi connectivity index (χ0n) is 12.1. The average molecular weight is 361 g/mol. The fourth-order valence-electron chi connectivity index (χ4n) is 2.68. The lowest BCUT2D eigenvalue weighted by Crippen LogP contribution is -2.23. The Bertz CT molecular complexity index is 957. The zero-order chi connectivity index (χ0) is 16.8. The van der Waals surface area contributed by atoms with E-state index in [4.69, 9.17) is 28.9 Å². The second-order valence-corrected chi connectivity index (χ2v) is 6.06. The molecule has 9 heteroatoms. The van der Waals surface area contributed by atoms with Crippen molar-refractivity contribution < 1.29 is 4.79 Å². The minimum Gasteiger partial charge on any atom is -0.368 e. The highest BCUT2D eigenvalue weighted by molar-refractivity contribution is 6.36. The number of rotatable bonds is 2. The van der Waals surface area contributed by atoms with E-state index in [9.17, 15) is 4.79 Å². The van der Waals surface area contributed by atoms with Crippen LogP contribution in [0.5, 0.6) is 0 Å². The summed E-state index contributed by atoms with van der Waals surface area (Å²) in [5, 5.41) is 7.58. The summed E-state index contributed by atoms with van der Waals surface area (Å²) < 4.78 is 0. The SMILES string of the molecule is Nc1nc2c(c(-c3ccc(Cl)cc3Cl)n1)CN(c1ccn[nH]1)C2=O. The summed E-state index contributed by atoms with van der Waals surface area (Å²) in [6, 6.07) is 6.77. The molecular weight excluding hydrogens is 351 g/mol. The number of halogens is 2. The van der Waals surface area contributed by atoms with E-state index < -0.39 is 0 Å². The van der Waals surface area contributed by atoms with E-state index in [0.717, 1.165) is 0 Å². The molecular formula is C15H10Cl2N6O. The predicted molar refractivity (Wildman–Crippen MR) is 91.0 cm³/mol. The summed E-state index contributed by atoms with van der Waals surface area (Å²) in [6.07, 6.45) is 1.57. The summed E-state index contributed by atoms with van der Waals surface area (Å²) in [4.78, 5) is 22.6. The highest BCUT2D eigenvalue weighted by atomic mass is 35.5. The second-order valence-electron chi connectivity index (χ2n) is 5.21. The molecule has 3 aromatic rings. The number of nitrogens with zero attached hydrogens (tertiary/aromatic N) is 4. The molecule has 7 nitrogen and oxygen atoms in total. The number of carbonyl (C=O) groups is 1. The molecule has 1 amide bonds. The van der Waals surface area contributed by atoms with E-state index in [-0.39, 0.29) is 17.5 Å². The summed E-state index contributed by atoms with van der Waals surface area (Å²) >= 11 is 12.2. The second kappa shape index (κ2) is 5.47. The minimum absolute atomic E-state index is 0.00887. The largest absolute Gasteiger partial charge is 0.368 e. The summed E-state index contributed by atoms with van der Waals surface area (Å²) in [5.74, 6) is 0.314. The van der Waals surface area contributed by atoms with Gasteiger partial charge in [-0.25, -0.2) is 9.97 Å². The molecule has 4 rings (SSSR count). The lowest BCUT2D eigenvalue weighted by atomic mass is 10.1. The van der Waals surface area contributed by atoms with Crippen LogP contribution in [0.15, 0.2) is 30.5 Å². The topological polar surface area (TPSA) is 101 Å². The minimum atomic E-state index is -0.269. The summed E-state index contributed by atoms with van der Waals surface area (Å²) in [7, 11) is 0. The van der Waals surface area contributed by atoms with E-state index in [0.29, 0.717) is 39.2 Å². The molecule has 1 aliphatic rings. The molecule has 0 radical (unpaired) electrons.